The molecule has 18 heavy (non-hydrogen) atoms. The summed E-state index contributed by atoms with van der Waals surface area (Å²) in [7, 11) is 0. The number of aromatic nitrogens is 2. The fourth-order valence-electron chi connectivity index (χ4n) is 3.19. The first-order chi connectivity index (χ1) is 8.81. The Morgan fingerprint density at radius 1 is 1.39 bits per heavy atom. The van der Waals surface area contributed by atoms with Crippen molar-refractivity contribution in [2.45, 2.75) is 38.6 Å². The summed E-state index contributed by atoms with van der Waals surface area (Å²) in [6.45, 7) is 5.55. The van der Waals surface area contributed by atoms with Gasteiger partial charge in [0.15, 0.2) is 0 Å². The molecule has 3 rings (SSSR count). The predicted octanol–water partition coefficient (Wildman–Crippen LogP) is 2.56. The Hall–Kier alpha value is -0.550. The highest BCUT2D eigenvalue weighted by atomic mass is 79.9. The van der Waals surface area contributed by atoms with Crippen LogP contribution in [-0.2, 0) is 6.42 Å². The van der Waals surface area contributed by atoms with Crippen molar-refractivity contribution in [2.75, 3.05) is 25.0 Å². The van der Waals surface area contributed by atoms with Gasteiger partial charge in [0.05, 0.1) is 16.2 Å². The van der Waals surface area contributed by atoms with Crippen LogP contribution in [0.3, 0.4) is 0 Å². The molecule has 1 saturated heterocycles. The maximum atomic E-state index is 4.80. The van der Waals surface area contributed by atoms with Crippen LogP contribution in [0, 0.1) is 5.92 Å². The SMILES string of the molecule is CCc1nn2c(c1Br)NCCC2C1CCCNC1. The molecule has 1 aromatic rings. The monoisotopic (exact) mass is 312 g/mol. The number of nitrogens with zero attached hydrogens (tertiary/aromatic N) is 2. The third kappa shape index (κ3) is 2.07. The van der Waals surface area contributed by atoms with E-state index in [0.717, 1.165) is 25.4 Å². The van der Waals surface area contributed by atoms with E-state index in [1.165, 1.54) is 41.8 Å². The van der Waals surface area contributed by atoms with Gasteiger partial charge in [-0.3, -0.25) is 0 Å². The standard InChI is InChI=1S/C13H21BrN4/c1-2-10-12(14)13-16-7-5-11(18(13)17-10)9-4-3-6-15-8-9/h9,11,15-16H,2-8H2,1H3. The smallest absolute Gasteiger partial charge is 0.139 e. The highest BCUT2D eigenvalue weighted by Gasteiger charge is 2.31. The highest BCUT2D eigenvalue weighted by molar-refractivity contribution is 9.10. The van der Waals surface area contributed by atoms with E-state index < -0.39 is 0 Å². The molecule has 0 bridgehead atoms. The first-order valence-corrected chi connectivity index (χ1v) is 7.82. The molecule has 0 spiro atoms. The van der Waals surface area contributed by atoms with Gasteiger partial charge in [-0.15, -0.1) is 0 Å². The van der Waals surface area contributed by atoms with Gasteiger partial charge in [0.2, 0.25) is 0 Å². The maximum Gasteiger partial charge on any atom is 0.139 e. The van der Waals surface area contributed by atoms with Gasteiger partial charge in [-0.25, -0.2) is 4.68 Å². The van der Waals surface area contributed by atoms with Crippen LogP contribution in [0.5, 0.6) is 0 Å². The number of nitrogens with one attached hydrogen (secondary N) is 2. The fraction of sp³-hybridized carbons (Fsp3) is 0.769. The lowest BCUT2D eigenvalue weighted by Crippen LogP contribution is -2.38. The fourth-order valence-corrected chi connectivity index (χ4v) is 3.87. The molecule has 5 heteroatoms. The van der Waals surface area contributed by atoms with Crippen molar-refractivity contribution in [3.63, 3.8) is 0 Å². The Morgan fingerprint density at radius 3 is 3.00 bits per heavy atom. The molecule has 3 heterocycles. The zero-order valence-electron chi connectivity index (χ0n) is 10.9. The van der Waals surface area contributed by atoms with Crippen molar-refractivity contribution in [3.05, 3.63) is 10.2 Å². The maximum absolute atomic E-state index is 4.80. The summed E-state index contributed by atoms with van der Waals surface area (Å²) in [5.74, 6) is 1.92. The molecule has 1 aromatic heterocycles. The molecule has 2 atom stereocenters. The molecule has 0 radical (unpaired) electrons. The first-order valence-electron chi connectivity index (χ1n) is 7.02. The van der Waals surface area contributed by atoms with E-state index in [9.17, 15) is 0 Å². The number of hydrogen-bond donors (Lipinski definition) is 2. The number of aryl methyl sites for hydroxylation is 1. The largest absolute Gasteiger partial charge is 0.369 e. The molecule has 2 unspecified atom stereocenters. The molecule has 2 N–H and O–H groups in total. The molecule has 0 aromatic carbocycles. The van der Waals surface area contributed by atoms with Gasteiger partial charge in [-0.05, 0) is 60.6 Å². The summed E-state index contributed by atoms with van der Waals surface area (Å²) < 4.78 is 3.41. The number of halogens is 1. The summed E-state index contributed by atoms with van der Waals surface area (Å²) in [5, 5.41) is 11.8. The van der Waals surface area contributed by atoms with Crippen molar-refractivity contribution in [1.82, 2.24) is 15.1 Å². The van der Waals surface area contributed by atoms with Crippen LogP contribution in [0.1, 0.15) is 37.9 Å². The minimum Gasteiger partial charge on any atom is -0.369 e. The lowest BCUT2D eigenvalue weighted by atomic mass is 9.89. The Bertz CT molecular complexity index is 423. The van der Waals surface area contributed by atoms with Crippen molar-refractivity contribution in [1.29, 1.82) is 0 Å². The van der Waals surface area contributed by atoms with Gasteiger partial charge < -0.3 is 10.6 Å². The lowest BCUT2D eigenvalue weighted by Gasteiger charge is -2.34. The minimum absolute atomic E-state index is 0.561. The Kier molecular flexibility index (Phi) is 3.61. The van der Waals surface area contributed by atoms with E-state index in [0.29, 0.717) is 6.04 Å². The van der Waals surface area contributed by atoms with Gasteiger partial charge in [0, 0.05) is 6.54 Å². The average molecular weight is 313 g/mol. The molecule has 2 aliphatic heterocycles. The number of rotatable bonds is 2. The molecular weight excluding hydrogens is 292 g/mol. The van der Waals surface area contributed by atoms with Crippen LogP contribution >= 0.6 is 15.9 Å². The van der Waals surface area contributed by atoms with Crippen molar-refractivity contribution < 1.29 is 0 Å². The van der Waals surface area contributed by atoms with E-state index in [1.807, 2.05) is 0 Å². The number of piperidine rings is 1. The van der Waals surface area contributed by atoms with Gasteiger partial charge in [0.25, 0.3) is 0 Å². The number of fused-ring (bicyclic) bond motifs is 1. The second-order valence-electron chi connectivity index (χ2n) is 5.30. The Balaban J connectivity index is 1.91. The normalized spacial score (nSPS) is 27.7. The van der Waals surface area contributed by atoms with Crippen LogP contribution < -0.4 is 10.6 Å². The van der Waals surface area contributed by atoms with Crippen molar-refractivity contribution >= 4 is 21.7 Å². The molecule has 2 aliphatic rings. The van der Waals surface area contributed by atoms with Gasteiger partial charge in [-0.2, -0.15) is 5.10 Å². The van der Waals surface area contributed by atoms with Crippen LogP contribution in [0.2, 0.25) is 0 Å². The topological polar surface area (TPSA) is 41.9 Å². The second kappa shape index (κ2) is 5.21. The molecule has 0 amide bonds. The average Bonchev–Trinajstić information content (AvgIpc) is 2.77. The summed E-state index contributed by atoms with van der Waals surface area (Å²) in [6, 6.07) is 0.561. The molecular formula is C13H21BrN4. The van der Waals surface area contributed by atoms with Crippen LogP contribution in [0.25, 0.3) is 0 Å². The zero-order valence-corrected chi connectivity index (χ0v) is 12.5. The van der Waals surface area contributed by atoms with E-state index >= 15 is 0 Å². The van der Waals surface area contributed by atoms with Crippen LogP contribution in [-0.4, -0.2) is 29.4 Å². The summed E-state index contributed by atoms with van der Waals surface area (Å²) >= 11 is 3.69. The van der Waals surface area contributed by atoms with Crippen LogP contribution in [0.15, 0.2) is 4.47 Å². The van der Waals surface area contributed by atoms with E-state index in [-0.39, 0.29) is 0 Å². The molecule has 100 valence electrons. The van der Waals surface area contributed by atoms with Gasteiger partial charge >= 0.3 is 0 Å². The minimum atomic E-state index is 0.561. The van der Waals surface area contributed by atoms with E-state index in [4.69, 9.17) is 5.10 Å². The zero-order chi connectivity index (χ0) is 12.5. The van der Waals surface area contributed by atoms with E-state index in [2.05, 4.69) is 38.2 Å². The molecule has 0 saturated carbocycles. The van der Waals surface area contributed by atoms with Crippen LogP contribution in [0.4, 0.5) is 5.82 Å². The third-order valence-electron chi connectivity index (χ3n) is 4.18. The highest BCUT2D eigenvalue weighted by Crippen LogP contribution is 2.37. The summed E-state index contributed by atoms with van der Waals surface area (Å²) in [4.78, 5) is 0. The first kappa shape index (κ1) is 12.5. The van der Waals surface area contributed by atoms with Crippen molar-refractivity contribution in [2.24, 2.45) is 5.92 Å². The third-order valence-corrected chi connectivity index (χ3v) is 5.01. The van der Waals surface area contributed by atoms with E-state index in [1.54, 1.807) is 0 Å². The quantitative estimate of drug-likeness (QED) is 0.882. The second-order valence-corrected chi connectivity index (χ2v) is 6.09. The summed E-state index contributed by atoms with van der Waals surface area (Å²) in [6.07, 6.45) is 4.80. The summed E-state index contributed by atoms with van der Waals surface area (Å²) in [5.41, 5.74) is 1.17. The van der Waals surface area contributed by atoms with Gasteiger partial charge in [-0.1, -0.05) is 6.92 Å². The van der Waals surface area contributed by atoms with Gasteiger partial charge in [0.1, 0.15) is 5.82 Å². The van der Waals surface area contributed by atoms with Crippen molar-refractivity contribution in [3.8, 4) is 0 Å². The Labute approximate surface area is 117 Å². The lowest BCUT2D eigenvalue weighted by molar-refractivity contribution is 0.235. The molecule has 0 aliphatic carbocycles. The number of hydrogen-bond acceptors (Lipinski definition) is 3. The molecule has 1 fully saturated rings. The Morgan fingerprint density at radius 2 is 2.28 bits per heavy atom. The molecule has 4 nitrogen and oxygen atoms in total. The predicted molar refractivity (Wildman–Crippen MR) is 77.0 cm³/mol. The number of anilines is 1.